The molecule has 0 amide bonds. The van der Waals surface area contributed by atoms with Gasteiger partial charge in [-0.25, -0.2) is 0 Å². The molecule has 0 aliphatic heterocycles. The molecule has 15 heavy (non-hydrogen) atoms. The van der Waals surface area contributed by atoms with Crippen molar-refractivity contribution < 1.29 is 4.79 Å². The second kappa shape index (κ2) is 3.79. The van der Waals surface area contributed by atoms with Crippen LogP contribution in [-0.2, 0) is 6.42 Å². The molecule has 1 aromatic carbocycles. The van der Waals surface area contributed by atoms with E-state index in [0.717, 1.165) is 0 Å². The highest BCUT2D eigenvalue weighted by atomic mass is 79.9. The van der Waals surface area contributed by atoms with Crippen molar-refractivity contribution in [2.75, 3.05) is 0 Å². The summed E-state index contributed by atoms with van der Waals surface area (Å²) in [6.45, 7) is 0. The van der Waals surface area contributed by atoms with Crippen molar-refractivity contribution in [3.63, 3.8) is 0 Å². The van der Waals surface area contributed by atoms with Gasteiger partial charge in [0, 0.05) is 5.56 Å². The van der Waals surface area contributed by atoms with Crippen molar-refractivity contribution in [2.24, 2.45) is 5.92 Å². The second-order valence-electron chi connectivity index (χ2n) is 3.26. The van der Waals surface area contributed by atoms with Gasteiger partial charge in [-0.3, -0.25) is 4.79 Å². The van der Waals surface area contributed by atoms with E-state index >= 15 is 0 Å². The van der Waals surface area contributed by atoms with E-state index in [4.69, 9.17) is 28.5 Å². The van der Waals surface area contributed by atoms with E-state index in [-0.39, 0.29) is 5.78 Å². The van der Waals surface area contributed by atoms with Gasteiger partial charge < -0.3 is 0 Å². The summed E-state index contributed by atoms with van der Waals surface area (Å²) in [7, 11) is 0. The van der Waals surface area contributed by atoms with Crippen LogP contribution in [0, 0.1) is 17.2 Å². The Kier molecular flexibility index (Phi) is 2.76. The lowest BCUT2D eigenvalue weighted by Crippen LogP contribution is -2.05. The van der Waals surface area contributed by atoms with Gasteiger partial charge in [0.25, 0.3) is 0 Å². The Balaban J connectivity index is 2.66. The molecule has 1 aliphatic carbocycles. The van der Waals surface area contributed by atoms with Crippen molar-refractivity contribution in [1.82, 2.24) is 0 Å². The monoisotopic (exact) mass is 303 g/mol. The van der Waals surface area contributed by atoms with Crippen LogP contribution in [0.15, 0.2) is 10.5 Å². The van der Waals surface area contributed by atoms with Crippen molar-refractivity contribution in [1.29, 1.82) is 5.26 Å². The zero-order valence-electron chi connectivity index (χ0n) is 7.35. The van der Waals surface area contributed by atoms with Gasteiger partial charge in [0.2, 0.25) is 0 Å². The number of nitrogens with zero attached hydrogens (tertiary/aromatic N) is 1. The molecule has 0 N–H and O–H groups in total. The van der Waals surface area contributed by atoms with Gasteiger partial charge >= 0.3 is 0 Å². The molecule has 1 aliphatic rings. The van der Waals surface area contributed by atoms with Crippen molar-refractivity contribution in [3.05, 3.63) is 31.7 Å². The van der Waals surface area contributed by atoms with Crippen LogP contribution < -0.4 is 0 Å². The number of nitriles is 1. The molecule has 1 atom stereocenters. The van der Waals surface area contributed by atoms with Gasteiger partial charge in [-0.05, 0) is 34.0 Å². The van der Waals surface area contributed by atoms with Gasteiger partial charge in [0.15, 0.2) is 5.78 Å². The minimum absolute atomic E-state index is 0.191. The molecule has 0 spiro atoms. The number of carbonyl (C=O) groups is 1. The van der Waals surface area contributed by atoms with E-state index < -0.39 is 5.92 Å². The number of Topliss-reactive ketones (excluding diaryl/α,β-unsaturated/α-hetero) is 1. The first-order valence-electron chi connectivity index (χ1n) is 4.16. The lowest BCUT2D eigenvalue weighted by Gasteiger charge is -2.04. The van der Waals surface area contributed by atoms with Crippen LogP contribution in [0.2, 0.25) is 10.0 Å². The molecule has 1 aromatic rings. The highest BCUT2D eigenvalue weighted by molar-refractivity contribution is 9.10. The van der Waals surface area contributed by atoms with Crippen LogP contribution in [0.1, 0.15) is 15.9 Å². The first-order valence-corrected chi connectivity index (χ1v) is 5.71. The molecule has 0 saturated heterocycles. The molecule has 5 heteroatoms. The Morgan fingerprint density at radius 3 is 2.80 bits per heavy atom. The van der Waals surface area contributed by atoms with Gasteiger partial charge in [0.1, 0.15) is 5.92 Å². The Bertz CT molecular complexity index is 507. The van der Waals surface area contributed by atoms with Gasteiger partial charge in [0.05, 0.1) is 20.6 Å². The van der Waals surface area contributed by atoms with Crippen molar-refractivity contribution in [2.45, 2.75) is 6.42 Å². The second-order valence-corrected chi connectivity index (χ2v) is 4.84. The summed E-state index contributed by atoms with van der Waals surface area (Å²) < 4.78 is 0.580. The molecule has 2 rings (SSSR count). The van der Waals surface area contributed by atoms with E-state index in [9.17, 15) is 4.79 Å². The summed E-state index contributed by atoms with van der Waals surface area (Å²) in [6, 6.07) is 3.52. The molecule has 0 fully saturated rings. The fourth-order valence-corrected chi connectivity index (χ4v) is 2.53. The summed E-state index contributed by atoms with van der Waals surface area (Å²) in [6.07, 6.45) is 0.374. The van der Waals surface area contributed by atoms with Crippen LogP contribution in [-0.4, -0.2) is 5.78 Å². The number of halogens is 3. The average Bonchev–Trinajstić information content (AvgIpc) is 2.53. The highest BCUT2D eigenvalue weighted by Crippen LogP contribution is 2.40. The standard InChI is InChI=1S/C10H4BrCl2NO/c11-8-7(12)2-6-5(9(8)13)1-4(3-14)10(6)15/h2,4H,1H2. The molecule has 0 saturated carbocycles. The first-order chi connectivity index (χ1) is 7.06. The number of hydrogen-bond acceptors (Lipinski definition) is 2. The highest BCUT2D eigenvalue weighted by Gasteiger charge is 2.33. The molecule has 76 valence electrons. The maximum Gasteiger partial charge on any atom is 0.180 e. The zero-order valence-corrected chi connectivity index (χ0v) is 10.4. The van der Waals surface area contributed by atoms with Gasteiger partial charge in [-0.15, -0.1) is 0 Å². The van der Waals surface area contributed by atoms with Crippen LogP contribution >= 0.6 is 39.1 Å². The summed E-state index contributed by atoms with van der Waals surface area (Å²) in [5.74, 6) is -0.813. The normalized spacial score (nSPS) is 18.8. The third-order valence-electron chi connectivity index (χ3n) is 2.41. The number of ketones is 1. The van der Waals surface area contributed by atoms with Crippen molar-refractivity contribution in [3.8, 4) is 6.07 Å². The van der Waals surface area contributed by atoms with Crippen LogP contribution in [0.3, 0.4) is 0 Å². The van der Waals surface area contributed by atoms with Gasteiger partial charge in [-0.1, -0.05) is 23.2 Å². The molecular formula is C10H4BrCl2NO. The third-order valence-corrected chi connectivity index (χ3v) is 4.40. The van der Waals surface area contributed by atoms with Crippen molar-refractivity contribution >= 4 is 44.9 Å². The number of hydrogen-bond donors (Lipinski definition) is 0. The molecule has 1 unspecified atom stereocenters. The van der Waals surface area contributed by atoms with E-state index in [1.54, 1.807) is 6.07 Å². The lowest BCUT2D eigenvalue weighted by atomic mass is 10.1. The quantitative estimate of drug-likeness (QED) is 0.687. The van der Waals surface area contributed by atoms with E-state index in [0.29, 0.717) is 32.1 Å². The SMILES string of the molecule is N#CC1Cc2c(cc(Cl)c(Br)c2Cl)C1=O. The van der Waals surface area contributed by atoms with Gasteiger partial charge in [-0.2, -0.15) is 5.26 Å². The molecular weight excluding hydrogens is 301 g/mol. The van der Waals surface area contributed by atoms with E-state index in [2.05, 4.69) is 15.9 Å². The number of rotatable bonds is 0. The summed E-state index contributed by atoms with van der Waals surface area (Å²) >= 11 is 15.2. The van der Waals surface area contributed by atoms with Crippen LogP contribution in [0.5, 0.6) is 0 Å². The number of benzene rings is 1. The molecule has 2 nitrogen and oxygen atoms in total. The fraction of sp³-hybridized carbons (Fsp3) is 0.200. The Morgan fingerprint density at radius 1 is 1.53 bits per heavy atom. The minimum Gasteiger partial charge on any atom is -0.293 e. The van der Waals surface area contributed by atoms with Crippen LogP contribution in [0.4, 0.5) is 0 Å². The number of fused-ring (bicyclic) bond motifs is 1. The Labute approximate surface area is 105 Å². The zero-order chi connectivity index (χ0) is 11.2. The summed E-state index contributed by atoms with van der Waals surface area (Å²) in [5, 5.41) is 9.61. The predicted octanol–water partition coefficient (Wildman–Crippen LogP) is 3.63. The number of carbonyl (C=O) groups excluding carboxylic acids is 1. The summed E-state index contributed by atoms with van der Waals surface area (Å²) in [4.78, 5) is 11.7. The maximum absolute atomic E-state index is 11.7. The van der Waals surface area contributed by atoms with E-state index in [1.807, 2.05) is 6.07 Å². The molecule has 0 bridgehead atoms. The van der Waals surface area contributed by atoms with E-state index in [1.165, 1.54) is 0 Å². The summed E-state index contributed by atoms with van der Waals surface area (Å²) in [5.41, 5.74) is 1.18. The molecule has 0 heterocycles. The Morgan fingerprint density at radius 2 is 2.20 bits per heavy atom. The third kappa shape index (κ3) is 1.57. The fourth-order valence-electron chi connectivity index (χ4n) is 1.64. The first kappa shape index (κ1) is 10.9. The minimum atomic E-state index is -0.622. The van der Waals surface area contributed by atoms with Crippen LogP contribution in [0.25, 0.3) is 0 Å². The maximum atomic E-state index is 11.7. The smallest absolute Gasteiger partial charge is 0.180 e. The lowest BCUT2D eigenvalue weighted by molar-refractivity contribution is 0.0963. The largest absolute Gasteiger partial charge is 0.293 e. The molecule has 0 aromatic heterocycles. The topological polar surface area (TPSA) is 40.9 Å². The Hall–Kier alpha value is -0.560. The predicted molar refractivity (Wildman–Crippen MR) is 61.3 cm³/mol. The molecule has 0 radical (unpaired) electrons. The average molecular weight is 305 g/mol.